The molecule has 0 aromatic heterocycles. The van der Waals surface area contributed by atoms with Crippen molar-refractivity contribution in [3.8, 4) is 0 Å². The molecule has 1 saturated carbocycles. The molecule has 16 heteroatoms. The van der Waals surface area contributed by atoms with Crippen molar-refractivity contribution in [2.75, 3.05) is 0 Å². The van der Waals surface area contributed by atoms with Gasteiger partial charge in [0.15, 0.2) is 0 Å². The molecule has 0 aliphatic heterocycles. The van der Waals surface area contributed by atoms with E-state index in [0.717, 1.165) is 0 Å². The van der Waals surface area contributed by atoms with Crippen LogP contribution in [0.15, 0.2) is 0 Å². The molecule has 120 valence electrons. The molecule has 0 aromatic carbocycles. The molecule has 0 amide bonds. The first-order valence-corrected chi connectivity index (χ1v) is 7.99. The van der Waals surface area contributed by atoms with Crippen molar-refractivity contribution in [1.82, 2.24) is 0 Å². The average Bonchev–Trinajstić information content (AvgIpc) is 2.25. The molecule has 1 fully saturated rings. The molecule has 6 N–H and O–H groups in total. The Bertz CT molecular complexity index is 381. The van der Waals surface area contributed by atoms with E-state index in [-0.39, 0.29) is 59.1 Å². The molecule has 0 radical (unpaired) electrons. The van der Waals surface area contributed by atoms with E-state index in [1.807, 2.05) is 0 Å². The number of rotatable bonds is 4. The van der Waals surface area contributed by atoms with Gasteiger partial charge in [-0.15, -0.1) is 0 Å². The maximum absolute atomic E-state index is 10.5. The minimum atomic E-state index is -5.42. The molecule has 1 rings (SSSR count). The van der Waals surface area contributed by atoms with Gasteiger partial charge < -0.3 is 49.0 Å². The minimum Gasteiger partial charge on any atom is -0.756 e. The number of aliphatic hydroxyl groups excluding tert-OH is 4. The Balaban J connectivity index is 0. The van der Waals surface area contributed by atoms with Crippen molar-refractivity contribution in [2.45, 2.75) is 36.6 Å². The van der Waals surface area contributed by atoms with Gasteiger partial charge in [-0.1, -0.05) is 0 Å². The Morgan fingerprint density at radius 1 is 0.682 bits per heavy atom. The van der Waals surface area contributed by atoms with Crippen LogP contribution in [0.25, 0.3) is 0 Å². The Morgan fingerprint density at radius 3 is 1.00 bits per heavy atom. The third-order valence-electron chi connectivity index (χ3n) is 2.56. The number of aliphatic hydroxyl groups is 4. The van der Waals surface area contributed by atoms with Crippen LogP contribution in [0, 0.1) is 0 Å². The van der Waals surface area contributed by atoms with Crippen LogP contribution in [0.3, 0.4) is 0 Å². The second-order valence-electron chi connectivity index (χ2n) is 4.04. The van der Waals surface area contributed by atoms with Gasteiger partial charge in [0.2, 0.25) is 0 Å². The van der Waals surface area contributed by atoms with Gasteiger partial charge in [0.1, 0.15) is 36.6 Å². The summed E-state index contributed by atoms with van der Waals surface area (Å²) < 4.78 is 28.8. The van der Waals surface area contributed by atoms with E-state index < -0.39 is 52.3 Å². The molecule has 22 heavy (non-hydrogen) atoms. The van der Waals surface area contributed by atoms with Crippen LogP contribution in [-0.2, 0) is 18.2 Å². The Kier molecular flexibility index (Phi) is 11.6. The minimum absolute atomic E-state index is 0. The van der Waals surface area contributed by atoms with Gasteiger partial charge in [-0.05, 0) is 0 Å². The topological polar surface area (TPSA) is 220 Å². The molecule has 12 nitrogen and oxygen atoms in total. The van der Waals surface area contributed by atoms with E-state index in [1.54, 1.807) is 0 Å². The smallest absolute Gasteiger partial charge is 0.756 e. The summed E-state index contributed by atoms with van der Waals surface area (Å²) in [5.74, 6) is 0. The first-order valence-electron chi connectivity index (χ1n) is 5.00. The van der Waals surface area contributed by atoms with E-state index in [2.05, 4.69) is 9.05 Å². The van der Waals surface area contributed by atoms with Gasteiger partial charge in [0, 0.05) is 0 Å². The third-order valence-corrected chi connectivity index (χ3v) is 3.58. The second-order valence-corrected chi connectivity index (χ2v) is 6.34. The van der Waals surface area contributed by atoms with Crippen molar-refractivity contribution >= 4 is 15.6 Å². The fourth-order valence-corrected chi connectivity index (χ4v) is 2.85. The summed E-state index contributed by atoms with van der Waals surface area (Å²) in [5, 5.41) is 37.9. The standard InChI is InChI=1S/C6H14O12P2.2Na/c7-1-2(8)6(18-20(14,15)16)4(10)3(9)5(1)17-19(11,12)13;;/h1-10H,(H2,11,12,13)(H2,14,15,16);;/q;2*+1/p-2. The quantitative estimate of drug-likeness (QED) is 0.196. The SMILES string of the molecule is O=P([O-])(O)OC1C(O)C(O)C(OP(=O)([O-])O)C(O)C1O.[Na+].[Na+]. The first kappa shape index (κ1) is 26.3. The van der Waals surface area contributed by atoms with E-state index in [0.29, 0.717) is 0 Å². The van der Waals surface area contributed by atoms with Crippen LogP contribution < -0.4 is 68.9 Å². The van der Waals surface area contributed by atoms with Crippen molar-refractivity contribution in [3.05, 3.63) is 0 Å². The molecule has 0 bridgehead atoms. The normalized spacial score (nSPS) is 40.5. The fourth-order valence-electron chi connectivity index (χ4n) is 1.74. The van der Waals surface area contributed by atoms with Crippen LogP contribution in [0.1, 0.15) is 0 Å². The second kappa shape index (κ2) is 9.67. The molecular weight excluding hydrogens is 372 g/mol. The van der Waals surface area contributed by atoms with Crippen molar-refractivity contribution < 1.29 is 117 Å². The zero-order chi connectivity index (χ0) is 15.9. The van der Waals surface area contributed by atoms with Gasteiger partial charge in [-0.3, -0.25) is 9.13 Å². The maximum Gasteiger partial charge on any atom is 1.00 e. The summed E-state index contributed by atoms with van der Waals surface area (Å²) in [6.07, 6.45) is -13.3. The van der Waals surface area contributed by atoms with Gasteiger partial charge in [-0.2, -0.15) is 0 Å². The number of phosphoric ester groups is 2. The molecular formula is C6H12Na2O12P2. The number of hydrogen-bond acceptors (Lipinski definition) is 10. The first-order chi connectivity index (χ1) is 8.83. The Hall–Kier alpha value is 2.06. The summed E-state index contributed by atoms with van der Waals surface area (Å²) >= 11 is 0. The van der Waals surface area contributed by atoms with Crippen molar-refractivity contribution in [3.63, 3.8) is 0 Å². The molecule has 1 aliphatic carbocycles. The summed E-state index contributed by atoms with van der Waals surface area (Å²) in [5.41, 5.74) is 0. The monoisotopic (exact) mass is 384 g/mol. The van der Waals surface area contributed by atoms with Crippen molar-refractivity contribution in [2.24, 2.45) is 0 Å². The molecule has 0 spiro atoms. The van der Waals surface area contributed by atoms with Crippen molar-refractivity contribution in [1.29, 1.82) is 0 Å². The van der Waals surface area contributed by atoms with Crippen LogP contribution in [0.2, 0.25) is 0 Å². The van der Waals surface area contributed by atoms with Crippen LogP contribution >= 0.6 is 15.6 Å². The van der Waals surface area contributed by atoms with E-state index in [4.69, 9.17) is 9.79 Å². The molecule has 0 heterocycles. The van der Waals surface area contributed by atoms with E-state index >= 15 is 0 Å². The summed E-state index contributed by atoms with van der Waals surface area (Å²) in [7, 11) is -10.8. The van der Waals surface area contributed by atoms with Gasteiger partial charge in [0.25, 0.3) is 15.6 Å². The zero-order valence-electron chi connectivity index (χ0n) is 11.5. The molecule has 0 aromatic rings. The summed E-state index contributed by atoms with van der Waals surface area (Å²) in [6.45, 7) is 0. The van der Waals surface area contributed by atoms with Gasteiger partial charge >= 0.3 is 59.1 Å². The van der Waals surface area contributed by atoms with E-state index in [9.17, 15) is 39.3 Å². The fraction of sp³-hybridized carbons (Fsp3) is 1.00. The zero-order valence-corrected chi connectivity index (χ0v) is 17.3. The van der Waals surface area contributed by atoms with E-state index in [1.165, 1.54) is 0 Å². The largest absolute Gasteiger partial charge is 1.00 e. The average molecular weight is 384 g/mol. The Labute approximate surface area is 168 Å². The van der Waals surface area contributed by atoms with Crippen LogP contribution in [0.5, 0.6) is 0 Å². The number of phosphoric acid groups is 2. The van der Waals surface area contributed by atoms with Crippen LogP contribution in [-0.4, -0.2) is 66.8 Å². The number of hydrogen-bond donors (Lipinski definition) is 6. The van der Waals surface area contributed by atoms with Gasteiger partial charge in [0.05, 0.1) is 0 Å². The summed E-state index contributed by atoms with van der Waals surface area (Å²) in [6, 6.07) is 0. The van der Waals surface area contributed by atoms with Gasteiger partial charge in [-0.25, -0.2) is 0 Å². The molecule has 6 atom stereocenters. The molecule has 1 aliphatic rings. The third kappa shape index (κ3) is 7.52. The maximum atomic E-state index is 10.5. The predicted octanol–water partition coefficient (Wildman–Crippen LogP) is -10.9. The Morgan fingerprint density at radius 2 is 0.864 bits per heavy atom. The molecule has 6 unspecified atom stereocenters. The predicted molar refractivity (Wildman–Crippen MR) is 53.4 cm³/mol. The van der Waals surface area contributed by atoms with Crippen LogP contribution in [0.4, 0.5) is 0 Å². The molecule has 0 saturated heterocycles. The summed E-state index contributed by atoms with van der Waals surface area (Å²) in [4.78, 5) is 38.0.